The number of likely N-dealkylation sites (N-methyl/N-ethyl adjacent to an activating group) is 1. The van der Waals surface area contributed by atoms with Gasteiger partial charge in [-0.2, -0.15) is 4.98 Å². The maximum atomic E-state index is 5.86. The van der Waals surface area contributed by atoms with Crippen LogP contribution < -0.4 is 4.90 Å². The Balaban J connectivity index is 2.58. The first-order valence-electron chi connectivity index (χ1n) is 4.89. The number of ether oxygens (including phenoxy) is 1. The van der Waals surface area contributed by atoms with E-state index in [-0.39, 0.29) is 16.5 Å². The first-order valence-corrected chi connectivity index (χ1v) is 5.64. The van der Waals surface area contributed by atoms with Crippen LogP contribution in [0.3, 0.4) is 0 Å². The Morgan fingerprint density at radius 3 is 2.62 bits per heavy atom. The lowest BCUT2D eigenvalue weighted by molar-refractivity contribution is 0.0845. The van der Waals surface area contributed by atoms with Gasteiger partial charge < -0.3 is 9.64 Å². The van der Waals surface area contributed by atoms with Crippen molar-refractivity contribution >= 4 is 29.0 Å². The van der Waals surface area contributed by atoms with Gasteiger partial charge in [-0.1, -0.05) is 11.6 Å². The summed E-state index contributed by atoms with van der Waals surface area (Å²) < 4.78 is 5.42. The summed E-state index contributed by atoms with van der Waals surface area (Å²) in [5.41, 5.74) is 0. The molecule has 7 heteroatoms. The summed E-state index contributed by atoms with van der Waals surface area (Å²) in [5, 5.41) is 7.54. The SMILES string of the molecule is CC(C)OCCN(C)c1nc(Cl)nnc1Cl. The summed E-state index contributed by atoms with van der Waals surface area (Å²) in [6, 6.07) is 0. The first kappa shape index (κ1) is 13.4. The zero-order chi connectivity index (χ0) is 12.1. The molecule has 0 bridgehead atoms. The lowest BCUT2D eigenvalue weighted by Crippen LogP contribution is -2.25. The van der Waals surface area contributed by atoms with E-state index in [1.165, 1.54) is 0 Å². The van der Waals surface area contributed by atoms with Gasteiger partial charge in [-0.3, -0.25) is 0 Å². The molecule has 0 radical (unpaired) electrons. The lowest BCUT2D eigenvalue weighted by Gasteiger charge is -2.19. The zero-order valence-electron chi connectivity index (χ0n) is 9.44. The second kappa shape index (κ2) is 6.18. The Labute approximate surface area is 105 Å². The Kier molecular flexibility index (Phi) is 5.18. The molecular formula is C9H14Cl2N4O. The van der Waals surface area contributed by atoms with Crippen molar-refractivity contribution in [3.8, 4) is 0 Å². The molecule has 0 fully saturated rings. The van der Waals surface area contributed by atoms with Gasteiger partial charge in [0.2, 0.25) is 5.28 Å². The highest BCUT2D eigenvalue weighted by molar-refractivity contribution is 6.32. The van der Waals surface area contributed by atoms with Crippen LogP contribution in [0.4, 0.5) is 5.82 Å². The zero-order valence-corrected chi connectivity index (χ0v) is 11.0. The quantitative estimate of drug-likeness (QED) is 0.815. The van der Waals surface area contributed by atoms with Gasteiger partial charge in [-0.15, -0.1) is 10.2 Å². The minimum atomic E-state index is 0.0797. The predicted octanol–water partition coefficient (Wildman–Crippen LogP) is 2.04. The highest BCUT2D eigenvalue weighted by Crippen LogP contribution is 2.19. The number of hydrogen-bond donors (Lipinski definition) is 0. The van der Waals surface area contributed by atoms with Crippen molar-refractivity contribution in [2.24, 2.45) is 0 Å². The van der Waals surface area contributed by atoms with Crippen molar-refractivity contribution in [2.45, 2.75) is 20.0 Å². The van der Waals surface area contributed by atoms with E-state index in [4.69, 9.17) is 27.9 Å². The van der Waals surface area contributed by atoms with Gasteiger partial charge in [-0.05, 0) is 25.4 Å². The molecule has 1 aromatic rings. The number of aromatic nitrogens is 3. The average Bonchev–Trinajstić information content (AvgIpc) is 2.21. The van der Waals surface area contributed by atoms with Crippen molar-refractivity contribution in [2.75, 3.05) is 25.1 Å². The van der Waals surface area contributed by atoms with Crippen LogP contribution in [0.25, 0.3) is 0 Å². The average molecular weight is 265 g/mol. The van der Waals surface area contributed by atoms with Crippen LogP contribution in [0.5, 0.6) is 0 Å². The van der Waals surface area contributed by atoms with Crippen molar-refractivity contribution in [3.63, 3.8) is 0 Å². The van der Waals surface area contributed by atoms with E-state index in [0.717, 1.165) is 0 Å². The van der Waals surface area contributed by atoms with Crippen LogP contribution >= 0.6 is 23.2 Å². The number of nitrogens with zero attached hydrogens (tertiary/aromatic N) is 4. The molecule has 0 unspecified atom stereocenters. The molecule has 0 aromatic carbocycles. The van der Waals surface area contributed by atoms with Gasteiger partial charge in [0.05, 0.1) is 12.7 Å². The summed E-state index contributed by atoms with van der Waals surface area (Å²) in [6.45, 7) is 5.21. The minimum Gasteiger partial charge on any atom is -0.377 e. The van der Waals surface area contributed by atoms with E-state index in [1.807, 2.05) is 25.8 Å². The van der Waals surface area contributed by atoms with Crippen LogP contribution in [0.2, 0.25) is 10.4 Å². The molecule has 1 heterocycles. The lowest BCUT2D eigenvalue weighted by atomic mass is 10.5. The van der Waals surface area contributed by atoms with Crippen molar-refractivity contribution in [1.29, 1.82) is 0 Å². The van der Waals surface area contributed by atoms with Gasteiger partial charge in [0.25, 0.3) is 0 Å². The molecule has 0 amide bonds. The fourth-order valence-electron chi connectivity index (χ4n) is 1.06. The Bertz CT molecular complexity index is 348. The Morgan fingerprint density at radius 2 is 2.00 bits per heavy atom. The molecule has 1 rings (SSSR count). The molecule has 0 spiro atoms. The van der Waals surface area contributed by atoms with Gasteiger partial charge in [0.1, 0.15) is 0 Å². The van der Waals surface area contributed by atoms with Crippen molar-refractivity contribution < 1.29 is 4.74 Å². The summed E-state index contributed by atoms with van der Waals surface area (Å²) in [6.07, 6.45) is 0.205. The maximum Gasteiger partial charge on any atom is 0.245 e. The van der Waals surface area contributed by atoms with Crippen molar-refractivity contribution in [1.82, 2.24) is 15.2 Å². The van der Waals surface area contributed by atoms with E-state index in [1.54, 1.807) is 0 Å². The summed E-state index contributed by atoms with van der Waals surface area (Å²) in [5.74, 6) is 0.508. The van der Waals surface area contributed by atoms with Crippen LogP contribution in [-0.2, 0) is 4.74 Å². The molecule has 0 saturated heterocycles. The van der Waals surface area contributed by atoms with Crippen LogP contribution in [0.15, 0.2) is 0 Å². The minimum absolute atomic E-state index is 0.0797. The van der Waals surface area contributed by atoms with E-state index < -0.39 is 0 Å². The second-order valence-electron chi connectivity index (χ2n) is 3.54. The summed E-state index contributed by atoms with van der Waals surface area (Å²) >= 11 is 11.5. The molecule has 5 nitrogen and oxygen atoms in total. The number of hydrogen-bond acceptors (Lipinski definition) is 5. The summed E-state index contributed by atoms with van der Waals surface area (Å²) in [4.78, 5) is 5.83. The van der Waals surface area contributed by atoms with Gasteiger partial charge >= 0.3 is 0 Å². The second-order valence-corrected chi connectivity index (χ2v) is 4.23. The Hall–Kier alpha value is -0.650. The molecule has 16 heavy (non-hydrogen) atoms. The fourth-order valence-corrected chi connectivity index (χ4v) is 1.40. The highest BCUT2D eigenvalue weighted by Gasteiger charge is 2.11. The number of rotatable bonds is 5. The molecule has 0 atom stereocenters. The highest BCUT2D eigenvalue weighted by atomic mass is 35.5. The van der Waals surface area contributed by atoms with E-state index in [9.17, 15) is 0 Å². The van der Waals surface area contributed by atoms with Gasteiger partial charge in [-0.25, -0.2) is 0 Å². The monoisotopic (exact) mass is 264 g/mol. The third-order valence-corrected chi connectivity index (χ3v) is 2.25. The number of halogens is 2. The first-order chi connectivity index (χ1) is 7.50. The molecular weight excluding hydrogens is 251 g/mol. The fraction of sp³-hybridized carbons (Fsp3) is 0.667. The van der Waals surface area contributed by atoms with E-state index >= 15 is 0 Å². The predicted molar refractivity (Wildman–Crippen MR) is 64.2 cm³/mol. The van der Waals surface area contributed by atoms with Gasteiger partial charge in [0, 0.05) is 13.6 Å². The van der Waals surface area contributed by atoms with Crippen molar-refractivity contribution in [3.05, 3.63) is 10.4 Å². The van der Waals surface area contributed by atoms with Crippen LogP contribution in [0, 0.1) is 0 Å². The molecule has 0 aliphatic heterocycles. The van der Waals surface area contributed by atoms with E-state index in [0.29, 0.717) is 19.0 Å². The number of anilines is 1. The summed E-state index contributed by atoms with van der Waals surface area (Å²) in [7, 11) is 1.84. The molecule has 90 valence electrons. The molecule has 0 saturated carbocycles. The topological polar surface area (TPSA) is 51.1 Å². The molecule has 0 aliphatic rings. The normalized spacial score (nSPS) is 10.9. The van der Waals surface area contributed by atoms with Gasteiger partial charge in [0.15, 0.2) is 11.0 Å². The third-order valence-electron chi connectivity index (χ3n) is 1.84. The molecule has 0 aliphatic carbocycles. The maximum absolute atomic E-state index is 5.86. The smallest absolute Gasteiger partial charge is 0.245 e. The van der Waals surface area contributed by atoms with E-state index in [2.05, 4.69) is 15.2 Å². The largest absolute Gasteiger partial charge is 0.377 e. The Morgan fingerprint density at radius 1 is 1.31 bits per heavy atom. The molecule has 1 aromatic heterocycles. The molecule has 0 N–H and O–H groups in total. The van der Waals surface area contributed by atoms with Crippen LogP contribution in [-0.4, -0.2) is 41.5 Å². The standard InChI is InChI=1S/C9H14Cl2N4O/c1-6(2)16-5-4-15(3)8-7(10)13-14-9(11)12-8/h6H,4-5H2,1-3H3. The third kappa shape index (κ3) is 4.08. The van der Waals surface area contributed by atoms with Crippen LogP contribution in [0.1, 0.15) is 13.8 Å².